The lowest BCUT2D eigenvalue weighted by atomic mass is 10.1. The molecule has 1 aliphatic rings. The lowest BCUT2D eigenvalue weighted by Crippen LogP contribution is -2.23. The molecule has 0 saturated carbocycles. The maximum atomic E-state index is 13.6. The summed E-state index contributed by atoms with van der Waals surface area (Å²) in [5.41, 5.74) is 3.04. The van der Waals surface area contributed by atoms with Crippen molar-refractivity contribution in [2.75, 3.05) is 11.9 Å². The highest BCUT2D eigenvalue weighted by Gasteiger charge is 2.30. The summed E-state index contributed by atoms with van der Waals surface area (Å²) in [6.07, 6.45) is 1.69. The molecule has 0 bridgehead atoms. The largest absolute Gasteiger partial charge is 0.311 e. The number of likely N-dealkylation sites (N-methyl/N-ethyl adjacent to an activating group) is 1. The van der Waals surface area contributed by atoms with Gasteiger partial charge in [-0.05, 0) is 89.3 Å². The molecule has 0 unspecified atom stereocenters. The number of nitrogens with zero attached hydrogens (tertiary/aromatic N) is 3. The number of carbonyl (C=O) groups is 1. The molecule has 158 valence electrons. The molecule has 1 amide bonds. The molecule has 0 fully saturated rings. The normalized spacial score (nSPS) is 14.4. The SMILES string of the molecule is CN1C(=O)/C(=C\c2nc3ccc(I)cc3c(=O)n2-c2ccc(Cl)cc2)c2cc(Br)ccc21. The van der Waals surface area contributed by atoms with E-state index in [4.69, 9.17) is 16.6 Å². The average molecular weight is 619 g/mol. The minimum absolute atomic E-state index is 0.155. The zero-order valence-corrected chi connectivity index (χ0v) is 21.1. The van der Waals surface area contributed by atoms with Crippen molar-refractivity contribution in [1.82, 2.24) is 9.55 Å². The van der Waals surface area contributed by atoms with Crippen LogP contribution in [0.15, 0.2) is 69.9 Å². The third kappa shape index (κ3) is 3.58. The fourth-order valence-electron chi connectivity index (χ4n) is 3.80. The Bertz CT molecular complexity index is 1510. The van der Waals surface area contributed by atoms with E-state index < -0.39 is 0 Å². The molecule has 0 aliphatic carbocycles. The Morgan fingerprint density at radius 3 is 2.53 bits per heavy atom. The van der Waals surface area contributed by atoms with E-state index in [2.05, 4.69) is 38.5 Å². The van der Waals surface area contributed by atoms with Crippen LogP contribution in [0.2, 0.25) is 5.02 Å². The summed E-state index contributed by atoms with van der Waals surface area (Å²) in [6, 6.07) is 18.2. The molecule has 2 heterocycles. The predicted octanol–water partition coefficient (Wildman–Crippen LogP) is 5.92. The van der Waals surface area contributed by atoms with E-state index in [9.17, 15) is 9.59 Å². The summed E-state index contributed by atoms with van der Waals surface area (Å²) >= 11 is 11.7. The molecular weight excluding hydrogens is 605 g/mol. The van der Waals surface area contributed by atoms with Gasteiger partial charge in [-0.25, -0.2) is 4.98 Å². The van der Waals surface area contributed by atoms with Crippen LogP contribution in [0.5, 0.6) is 0 Å². The number of rotatable bonds is 2. The topological polar surface area (TPSA) is 55.2 Å². The number of hydrogen-bond acceptors (Lipinski definition) is 3. The molecule has 3 aromatic carbocycles. The summed E-state index contributed by atoms with van der Waals surface area (Å²) in [5, 5.41) is 1.07. The van der Waals surface area contributed by atoms with Gasteiger partial charge in [-0.2, -0.15) is 0 Å². The molecule has 5 nitrogen and oxygen atoms in total. The highest BCUT2D eigenvalue weighted by atomic mass is 127. The van der Waals surface area contributed by atoms with Crippen molar-refractivity contribution in [2.24, 2.45) is 0 Å². The van der Waals surface area contributed by atoms with Gasteiger partial charge in [0, 0.05) is 25.7 Å². The van der Waals surface area contributed by atoms with Crippen LogP contribution in [0.1, 0.15) is 11.4 Å². The van der Waals surface area contributed by atoms with E-state index in [1.165, 1.54) is 4.57 Å². The van der Waals surface area contributed by atoms with Crippen LogP contribution in [0.3, 0.4) is 0 Å². The Morgan fingerprint density at radius 2 is 1.78 bits per heavy atom. The van der Waals surface area contributed by atoms with Crippen LogP contribution in [0.25, 0.3) is 28.2 Å². The van der Waals surface area contributed by atoms with Crippen LogP contribution in [-0.4, -0.2) is 22.5 Å². The van der Waals surface area contributed by atoms with E-state index in [1.54, 1.807) is 42.3 Å². The number of benzene rings is 3. The van der Waals surface area contributed by atoms with Crippen LogP contribution in [0, 0.1) is 3.57 Å². The van der Waals surface area contributed by atoms with Gasteiger partial charge < -0.3 is 4.90 Å². The van der Waals surface area contributed by atoms with Crippen molar-refractivity contribution in [1.29, 1.82) is 0 Å². The molecular formula is C24H14BrClIN3O2. The zero-order chi connectivity index (χ0) is 22.6. The van der Waals surface area contributed by atoms with Gasteiger partial charge >= 0.3 is 0 Å². The molecule has 0 atom stereocenters. The predicted molar refractivity (Wildman–Crippen MR) is 140 cm³/mol. The van der Waals surface area contributed by atoms with E-state index in [0.717, 1.165) is 19.3 Å². The minimum atomic E-state index is -0.212. The second kappa shape index (κ2) is 8.13. The van der Waals surface area contributed by atoms with Gasteiger partial charge in [0.2, 0.25) is 0 Å². The molecule has 0 N–H and O–H groups in total. The lowest BCUT2D eigenvalue weighted by Gasteiger charge is -2.12. The van der Waals surface area contributed by atoms with Crippen LogP contribution in [-0.2, 0) is 4.79 Å². The Labute approximate surface area is 210 Å². The Kier molecular flexibility index (Phi) is 5.43. The number of halogens is 3. The number of anilines is 1. The summed E-state index contributed by atoms with van der Waals surface area (Å²) in [7, 11) is 1.73. The smallest absolute Gasteiger partial charge is 0.266 e. The van der Waals surface area contributed by atoms with Gasteiger partial charge in [-0.1, -0.05) is 27.5 Å². The molecule has 0 radical (unpaired) electrons. The first-order chi connectivity index (χ1) is 15.3. The number of fused-ring (bicyclic) bond motifs is 2. The van der Waals surface area contributed by atoms with Gasteiger partial charge in [-0.3, -0.25) is 14.2 Å². The van der Waals surface area contributed by atoms with Crippen molar-refractivity contribution in [3.8, 4) is 5.69 Å². The zero-order valence-electron chi connectivity index (χ0n) is 16.6. The summed E-state index contributed by atoms with van der Waals surface area (Å²) < 4.78 is 3.32. The van der Waals surface area contributed by atoms with Gasteiger partial charge in [0.1, 0.15) is 5.82 Å². The van der Waals surface area contributed by atoms with Crippen molar-refractivity contribution in [3.05, 3.63) is 95.5 Å². The van der Waals surface area contributed by atoms with Gasteiger partial charge in [0.05, 0.1) is 27.9 Å². The summed E-state index contributed by atoms with van der Waals surface area (Å²) in [5.74, 6) is 0.216. The molecule has 1 aromatic heterocycles. The van der Waals surface area contributed by atoms with Crippen LogP contribution in [0.4, 0.5) is 5.69 Å². The quantitative estimate of drug-likeness (QED) is 0.207. The molecule has 8 heteroatoms. The highest BCUT2D eigenvalue weighted by Crippen LogP contribution is 2.38. The lowest BCUT2D eigenvalue weighted by molar-refractivity contribution is -0.112. The van der Waals surface area contributed by atoms with Crippen LogP contribution >= 0.6 is 50.1 Å². The summed E-state index contributed by atoms with van der Waals surface area (Å²) in [6.45, 7) is 0. The van der Waals surface area contributed by atoms with E-state index in [1.807, 2.05) is 36.4 Å². The van der Waals surface area contributed by atoms with Crippen molar-refractivity contribution in [3.63, 3.8) is 0 Å². The second-order valence-corrected chi connectivity index (χ2v) is 9.93. The Morgan fingerprint density at radius 1 is 1.03 bits per heavy atom. The number of hydrogen-bond donors (Lipinski definition) is 0. The van der Waals surface area contributed by atoms with Gasteiger partial charge in [-0.15, -0.1) is 0 Å². The third-order valence-corrected chi connectivity index (χ3v) is 6.78. The van der Waals surface area contributed by atoms with E-state index in [-0.39, 0.29) is 11.5 Å². The second-order valence-electron chi connectivity index (χ2n) is 7.33. The van der Waals surface area contributed by atoms with E-state index >= 15 is 0 Å². The first kappa shape index (κ1) is 21.4. The van der Waals surface area contributed by atoms with Gasteiger partial charge in [0.15, 0.2) is 0 Å². The number of aromatic nitrogens is 2. The minimum Gasteiger partial charge on any atom is -0.311 e. The van der Waals surface area contributed by atoms with Crippen molar-refractivity contribution < 1.29 is 4.79 Å². The van der Waals surface area contributed by atoms with Crippen molar-refractivity contribution >= 4 is 84.3 Å². The molecule has 0 saturated heterocycles. The molecule has 1 aliphatic heterocycles. The fourth-order valence-corrected chi connectivity index (χ4v) is 4.78. The van der Waals surface area contributed by atoms with Crippen molar-refractivity contribution in [2.45, 2.75) is 0 Å². The maximum absolute atomic E-state index is 13.6. The first-order valence-electron chi connectivity index (χ1n) is 9.61. The van der Waals surface area contributed by atoms with Gasteiger partial charge in [0.25, 0.3) is 11.5 Å². The molecule has 4 aromatic rings. The Hall–Kier alpha value is -2.49. The number of carbonyl (C=O) groups excluding carboxylic acids is 1. The monoisotopic (exact) mass is 617 g/mol. The molecule has 32 heavy (non-hydrogen) atoms. The molecule has 0 spiro atoms. The third-order valence-electron chi connectivity index (χ3n) is 5.36. The number of amides is 1. The average Bonchev–Trinajstić information content (AvgIpc) is 3.00. The Balaban J connectivity index is 1.83. The standard InChI is InChI=1S/C24H14BrClIN3O2/c1-29-21-9-2-13(25)10-17(21)18(23(29)31)12-22-28-20-8-5-15(27)11-19(20)24(32)30(22)16-6-3-14(26)4-7-16/h2-12H,1H3/b18-12-. The maximum Gasteiger partial charge on any atom is 0.266 e. The first-order valence-corrected chi connectivity index (χ1v) is 11.9. The fraction of sp³-hybridized carbons (Fsp3) is 0.0417. The summed E-state index contributed by atoms with van der Waals surface area (Å²) in [4.78, 5) is 33.0. The van der Waals surface area contributed by atoms with E-state index in [0.29, 0.717) is 33.0 Å². The molecule has 5 rings (SSSR count). The van der Waals surface area contributed by atoms with Crippen LogP contribution < -0.4 is 10.5 Å². The highest BCUT2D eigenvalue weighted by molar-refractivity contribution is 14.1.